The third-order valence-corrected chi connectivity index (χ3v) is 7.94. The van der Waals surface area contributed by atoms with Gasteiger partial charge in [-0.2, -0.15) is 8.42 Å². The number of aromatic nitrogens is 1. The molecule has 1 amide bonds. The molecule has 1 aromatic heterocycles. The van der Waals surface area contributed by atoms with E-state index in [1.807, 2.05) is 42.5 Å². The molecule has 0 aliphatic carbocycles. The Kier molecular flexibility index (Phi) is 9.17. The molecule has 0 aliphatic heterocycles. The number of ether oxygens (including phenoxy) is 1. The highest BCUT2D eigenvalue weighted by molar-refractivity contribution is 7.85. The lowest BCUT2D eigenvalue weighted by Gasteiger charge is -2.21. The number of carbonyl (C=O) groups is 1. The zero-order valence-electron chi connectivity index (χ0n) is 25.0. The summed E-state index contributed by atoms with van der Waals surface area (Å²) in [5, 5.41) is 6.83. The van der Waals surface area contributed by atoms with Crippen molar-refractivity contribution in [2.24, 2.45) is 0 Å². The van der Waals surface area contributed by atoms with Crippen LogP contribution < -0.4 is 10.1 Å². The molecule has 0 fully saturated rings. The Morgan fingerprint density at radius 3 is 2.22 bits per heavy atom. The van der Waals surface area contributed by atoms with Gasteiger partial charge in [0, 0.05) is 23.7 Å². The van der Waals surface area contributed by atoms with E-state index in [-0.39, 0.29) is 17.8 Å². The highest BCUT2D eigenvalue weighted by Crippen LogP contribution is 2.34. The van der Waals surface area contributed by atoms with Crippen molar-refractivity contribution in [2.45, 2.75) is 32.3 Å². The molecule has 10 heteroatoms. The van der Waals surface area contributed by atoms with E-state index in [9.17, 15) is 17.6 Å². The second-order valence-corrected chi connectivity index (χ2v) is 13.2. The Bertz CT molecular complexity index is 1880. The summed E-state index contributed by atoms with van der Waals surface area (Å²) >= 11 is 0. The SMILES string of the molecule is CC(C)(C)c1ccc(C(Oc2ccc(C(=O)NCCS(=O)(=O)O)cc2)c2cc(-c3cccc(-c4ccc(F)cc4)c3)on2)cc1. The molecule has 1 atom stereocenters. The van der Waals surface area contributed by atoms with Crippen LogP contribution in [0, 0.1) is 5.82 Å². The summed E-state index contributed by atoms with van der Waals surface area (Å²) in [6.07, 6.45) is -0.647. The molecule has 5 rings (SSSR count). The number of carbonyl (C=O) groups excluding carboxylic acids is 1. The van der Waals surface area contributed by atoms with Gasteiger partial charge in [0.05, 0.1) is 5.75 Å². The third kappa shape index (κ3) is 8.23. The van der Waals surface area contributed by atoms with Crippen LogP contribution in [-0.4, -0.2) is 36.3 Å². The molecule has 0 saturated carbocycles. The first kappa shape index (κ1) is 31.6. The van der Waals surface area contributed by atoms with Crippen LogP contribution >= 0.6 is 0 Å². The topological polar surface area (TPSA) is 119 Å². The Labute approximate surface area is 261 Å². The first-order chi connectivity index (χ1) is 21.4. The molecule has 0 aliphatic rings. The summed E-state index contributed by atoms with van der Waals surface area (Å²) in [6, 6.07) is 30.3. The Balaban J connectivity index is 1.41. The van der Waals surface area contributed by atoms with E-state index >= 15 is 0 Å². The molecular formula is C35H33FN2O6S. The number of nitrogens with one attached hydrogen (secondary N) is 1. The lowest BCUT2D eigenvalue weighted by molar-refractivity contribution is 0.0956. The Morgan fingerprint density at radius 1 is 0.911 bits per heavy atom. The molecule has 4 aromatic carbocycles. The molecule has 45 heavy (non-hydrogen) atoms. The van der Waals surface area contributed by atoms with Crippen LogP contribution in [0.5, 0.6) is 5.75 Å². The van der Waals surface area contributed by atoms with E-state index in [0.29, 0.717) is 22.8 Å². The quantitative estimate of drug-likeness (QED) is 0.157. The maximum absolute atomic E-state index is 13.5. The molecule has 8 nitrogen and oxygen atoms in total. The first-order valence-corrected chi connectivity index (χ1v) is 15.9. The molecule has 5 aromatic rings. The van der Waals surface area contributed by atoms with E-state index < -0.39 is 27.9 Å². The number of hydrogen-bond acceptors (Lipinski definition) is 6. The third-order valence-electron chi connectivity index (χ3n) is 7.22. The predicted octanol–water partition coefficient (Wildman–Crippen LogP) is 7.23. The minimum atomic E-state index is -4.18. The van der Waals surface area contributed by atoms with Crippen LogP contribution in [0.3, 0.4) is 0 Å². The first-order valence-electron chi connectivity index (χ1n) is 14.3. The van der Waals surface area contributed by atoms with Crippen molar-refractivity contribution < 1.29 is 31.4 Å². The summed E-state index contributed by atoms with van der Waals surface area (Å²) in [4.78, 5) is 12.4. The maximum Gasteiger partial charge on any atom is 0.266 e. The lowest BCUT2D eigenvalue weighted by Crippen LogP contribution is -2.28. The highest BCUT2D eigenvalue weighted by atomic mass is 32.2. The smallest absolute Gasteiger partial charge is 0.266 e. The van der Waals surface area contributed by atoms with Crippen LogP contribution in [-0.2, 0) is 15.5 Å². The van der Waals surface area contributed by atoms with Crippen molar-refractivity contribution in [1.82, 2.24) is 10.5 Å². The highest BCUT2D eigenvalue weighted by Gasteiger charge is 2.23. The Hall–Kier alpha value is -4.80. The van der Waals surface area contributed by atoms with E-state index in [2.05, 4.69) is 43.4 Å². The van der Waals surface area contributed by atoms with Gasteiger partial charge in [0.15, 0.2) is 11.9 Å². The molecule has 0 bridgehead atoms. The van der Waals surface area contributed by atoms with Crippen molar-refractivity contribution in [3.63, 3.8) is 0 Å². The van der Waals surface area contributed by atoms with Gasteiger partial charge in [-0.05, 0) is 70.1 Å². The number of rotatable bonds is 10. The van der Waals surface area contributed by atoms with Crippen molar-refractivity contribution >= 4 is 16.0 Å². The second kappa shape index (κ2) is 13.1. The van der Waals surface area contributed by atoms with Gasteiger partial charge in [0.25, 0.3) is 16.0 Å². The van der Waals surface area contributed by atoms with E-state index in [4.69, 9.17) is 13.8 Å². The second-order valence-electron chi connectivity index (χ2n) is 11.6. The fourth-order valence-corrected chi connectivity index (χ4v) is 5.08. The molecule has 232 valence electrons. The normalized spacial score (nSPS) is 12.5. The number of amides is 1. The fraction of sp³-hybridized carbons (Fsp3) is 0.200. The van der Waals surface area contributed by atoms with Crippen molar-refractivity contribution in [2.75, 3.05) is 12.3 Å². The van der Waals surface area contributed by atoms with Crippen molar-refractivity contribution in [3.05, 3.63) is 131 Å². The average Bonchev–Trinajstić information content (AvgIpc) is 3.50. The van der Waals surface area contributed by atoms with Gasteiger partial charge in [-0.3, -0.25) is 9.35 Å². The molecule has 1 heterocycles. The average molecular weight is 629 g/mol. The van der Waals surface area contributed by atoms with E-state index in [1.165, 1.54) is 12.1 Å². The van der Waals surface area contributed by atoms with E-state index in [0.717, 1.165) is 27.8 Å². The van der Waals surface area contributed by atoms with E-state index in [1.54, 1.807) is 36.4 Å². The van der Waals surface area contributed by atoms with Gasteiger partial charge in [0.1, 0.15) is 17.3 Å². The van der Waals surface area contributed by atoms with Crippen LogP contribution in [0.15, 0.2) is 108 Å². The number of benzene rings is 4. The van der Waals surface area contributed by atoms with Gasteiger partial charge >= 0.3 is 0 Å². The molecule has 1 unspecified atom stereocenters. The predicted molar refractivity (Wildman–Crippen MR) is 170 cm³/mol. The van der Waals surface area contributed by atoms with Gasteiger partial charge in [-0.25, -0.2) is 4.39 Å². The zero-order valence-corrected chi connectivity index (χ0v) is 25.8. The van der Waals surface area contributed by atoms with Crippen LogP contribution in [0.25, 0.3) is 22.5 Å². The maximum atomic E-state index is 13.5. The molecular weight excluding hydrogens is 595 g/mol. The van der Waals surface area contributed by atoms with Gasteiger partial charge < -0.3 is 14.6 Å². The standard InChI is InChI=1S/C35H33FN2O6S/c1-35(2,3)28-13-7-24(8-14-28)33(43-30-17-11-25(12-18-30)34(39)37-19-20-45(40,41)42)31-22-32(44-38-31)27-6-4-5-26(21-27)23-9-15-29(36)16-10-23/h4-18,21-22,33H,19-20H2,1-3H3,(H,37,39)(H,40,41,42). The summed E-state index contributed by atoms with van der Waals surface area (Å²) < 4.78 is 56.4. The monoisotopic (exact) mass is 628 g/mol. The van der Waals surface area contributed by atoms with Crippen LogP contribution in [0.4, 0.5) is 4.39 Å². The minimum absolute atomic E-state index is 0.0384. The molecule has 0 spiro atoms. The number of nitrogens with zero attached hydrogens (tertiary/aromatic N) is 1. The molecule has 2 N–H and O–H groups in total. The van der Waals surface area contributed by atoms with Crippen LogP contribution in [0.2, 0.25) is 0 Å². The lowest BCUT2D eigenvalue weighted by atomic mass is 9.86. The van der Waals surface area contributed by atoms with Crippen LogP contribution in [0.1, 0.15) is 54.1 Å². The van der Waals surface area contributed by atoms with Gasteiger partial charge in [-0.1, -0.05) is 80.5 Å². The van der Waals surface area contributed by atoms with Crippen molar-refractivity contribution in [3.8, 4) is 28.2 Å². The summed E-state index contributed by atoms with van der Waals surface area (Å²) in [6.45, 7) is 6.20. The number of halogens is 1. The summed E-state index contributed by atoms with van der Waals surface area (Å²) in [5.41, 5.74) is 5.36. The minimum Gasteiger partial charge on any atom is -0.479 e. The zero-order chi connectivity index (χ0) is 32.2. The van der Waals surface area contributed by atoms with Crippen molar-refractivity contribution in [1.29, 1.82) is 0 Å². The summed E-state index contributed by atoms with van der Waals surface area (Å²) in [5.74, 6) is -0.359. The molecule has 0 radical (unpaired) electrons. The fourth-order valence-electron chi connectivity index (χ4n) is 4.72. The largest absolute Gasteiger partial charge is 0.479 e. The molecule has 0 saturated heterocycles. The summed E-state index contributed by atoms with van der Waals surface area (Å²) in [7, 11) is -4.18. The van der Waals surface area contributed by atoms with Gasteiger partial charge in [-0.15, -0.1) is 0 Å². The Morgan fingerprint density at radius 2 is 1.58 bits per heavy atom. The van der Waals surface area contributed by atoms with Gasteiger partial charge in [0.2, 0.25) is 0 Å². The number of hydrogen-bond donors (Lipinski definition) is 2.